The van der Waals surface area contributed by atoms with E-state index in [0.29, 0.717) is 30.5 Å². The number of hydrogen-bond donors (Lipinski definition) is 1. The molecule has 3 rings (SSSR count). The van der Waals surface area contributed by atoms with Crippen molar-refractivity contribution in [3.05, 3.63) is 34.9 Å². The fraction of sp³-hybridized carbons (Fsp3) is 0.385. The Hall–Kier alpha value is -1.50. The second kappa shape index (κ2) is 4.80. The molecule has 1 aliphatic rings. The predicted octanol–water partition coefficient (Wildman–Crippen LogP) is 2.14. The number of rotatable bonds is 2. The van der Waals surface area contributed by atoms with Crippen LogP contribution in [0.1, 0.15) is 12.8 Å². The van der Waals surface area contributed by atoms with Crippen LogP contribution in [0.25, 0.3) is 11.4 Å². The van der Waals surface area contributed by atoms with Crippen molar-refractivity contribution in [1.29, 1.82) is 0 Å². The van der Waals surface area contributed by atoms with Gasteiger partial charge in [-0.15, -0.1) is 0 Å². The highest BCUT2D eigenvalue weighted by Crippen LogP contribution is 2.33. The average Bonchev–Trinajstić information content (AvgIpc) is 2.99. The van der Waals surface area contributed by atoms with Gasteiger partial charge in [-0.05, 0) is 25.1 Å². The summed E-state index contributed by atoms with van der Waals surface area (Å²) in [4.78, 5) is 4.33. The lowest BCUT2D eigenvalue weighted by Gasteiger charge is -2.21. The molecular weight excluding hydrogens is 285 g/mol. The third-order valence-electron chi connectivity index (χ3n) is 3.60. The van der Waals surface area contributed by atoms with Gasteiger partial charge in [-0.25, -0.2) is 4.39 Å². The zero-order valence-electron chi connectivity index (χ0n) is 10.8. The Bertz CT molecular complexity index is 648. The minimum absolute atomic E-state index is 0.209. The molecule has 1 fully saturated rings. The van der Waals surface area contributed by atoms with E-state index in [2.05, 4.69) is 10.1 Å². The third kappa shape index (κ3) is 2.09. The summed E-state index contributed by atoms with van der Waals surface area (Å²) in [6, 6.07) is 3.81. The maximum absolute atomic E-state index is 13.0. The van der Waals surface area contributed by atoms with E-state index in [-0.39, 0.29) is 11.1 Å². The van der Waals surface area contributed by atoms with E-state index in [0.717, 1.165) is 0 Å². The maximum atomic E-state index is 13.0. The summed E-state index contributed by atoms with van der Waals surface area (Å²) in [6.07, 6.45) is 0. The lowest BCUT2D eigenvalue weighted by atomic mass is 9.86. The lowest BCUT2D eigenvalue weighted by Crippen LogP contribution is -2.42. The van der Waals surface area contributed by atoms with Crippen molar-refractivity contribution in [2.75, 3.05) is 13.2 Å². The van der Waals surface area contributed by atoms with Crippen LogP contribution >= 0.6 is 11.6 Å². The fourth-order valence-electron chi connectivity index (χ4n) is 2.14. The summed E-state index contributed by atoms with van der Waals surface area (Å²) in [5.41, 5.74) is 6.01. The van der Waals surface area contributed by atoms with E-state index in [1.54, 1.807) is 0 Å². The van der Waals surface area contributed by atoms with Crippen LogP contribution in [0.2, 0.25) is 5.02 Å². The van der Waals surface area contributed by atoms with E-state index >= 15 is 0 Å². The number of halogens is 2. The van der Waals surface area contributed by atoms with E-state index in [1.165, 1.54) is 18.2 Å². The molecule has 0 radical (unpaired) electrons. The van der Waals surface area contributed by atoms with Gasteiger partial charge >= 0.3 is 0 Å². The van der Waals surface area contributed by atoms with Gasteiger partial charge in [0, 0.05) is 11.6 Å². The molecule has 7 heteroatoms. The Morgan fingerprint density at radius 3 is 2.95 bits per heavy atom. The SMILES string of the molecule is CC1(c2nc(-c3ccc(F)cc3Cl)no2)COCC1N. The molecule has 0 saturated carbocycles. The van der Waals surface area contributed by atoms with Crippen LogP contribution in [-0.2, 0) is 10.2 Å². The monoisotopic (exact) mass is 297 g/mol. The number of hydrogen-bond acceptors (Lipinski definition) is 5. The Morgan fingerprint density at radius 2 is 2.30 bits per heavy atom. The highest BCUT2D eigenvalue weighted by Gasteiger charge is 2.44. The quantitative estimate of drug-likeness (QED) is 0.919. The third-order valence-corrected chi connectivity index (χ3v) is 3.92. The van der Waals surface area contributed by atoms with Crippen LogP contribution in [0.3, 0.4) is 0 Å². The normalized spacial score (nSPS) is 26.1. The predicted molar refractivity (Wildman–Crippen MR) is 70.8 cm³/mol. The molecule has 20 heavy (non-hydrogen) atoms. The van der Waals surface area contributed by atoms with Gasteiger partial charge in [-0.1, -0.05) is 16.8 Å². The number of aromatic nitrogens is 2. The lowest BCUT2D eigenvalue weighted by molar-refractivity contribution is 0.169. The number of nitrogens with two attached hydrogens (primary N) is 1. The van der Waals surface area contributed by atoms with Gasteiger partial charge < -0.3 is 15.0 Å². The molecule has 1 aliphatic heterocycles. The van der Waals surface area contributed by atoms with Crippen LogP contribution in [-0.4, -0.2) is 29.4 Å². The summed E-state index contributed by atoms with van der Waals surface area (Å²) < 4.78 is 23.7. The van der Waals surface area contributed by atoms with E-state index in [4.69, 9.17) is 26.6 Å². The van der Waals surface area contributed by atoms with Crippen molar-refractivity contribution in [3.8, 4) is 11.4 Å². The maximum Gasteiger partial charge on any atom is 0.236 e. The standard InChI is InChI=1S/C13H13ClFN3O2/c1-13(6-19-5-10(13)16)12-17-11(18-20-12)8-3-2-7(15)4-9(8)14/h2-4,10H,5-6,16H2,1H3. The molecule has 1 aromatic carbocycles. The molecule has 0 amide bonds. The van der Waals surface area contributed by atoms with Gasteiger partial charge in [-0.2, -0.15) is 4.98 Å². The van der Waals surface area contributed by atoms with Crippen LogP contribution in [0.4, 0.5) is 4.39 Å². The molecule has 2 unspecified atom stereocenters. The summed E-state index contributed by atoms with van der Waals surface area (Å²) >= 11 is 5.99. The second-order valence-corrected chi connectivity index (χ2v) is 5.49. The van der Waals surface area contributed by atoms with Crippen LogP contribution in [0.15, 0.2) is 22.7 Å². The molecule has 5 nitrogen and oxygen atoms in total. The Kier molecular flexibility index (Phi) is 3.24. The van der Waals surface area contributed by atoms with Crippen molar-refractivity contribution in [1.82, 2.24) is 10.1 Å². The first-order chi connectivity index (χ1) is 9.50. The Labute approximate surface area is 119 Å². The van der Waals surface area contributed by atoms with Gasteiger partial charge in [-0.3, -0.25) is 0 Å². The molecule has 1 saturated heterocycles. The molecule has 0 bridgehead atoms. The summed E-state index contributed by atoms with van der Waals surface area (Å²) in [7, 11) is 0. The van der Waals surface area contributed by atoms with Crippen LogP contribution in [0, 0.1) is 5.82 Å². The Morgan fingerprint density at radius 1 is 1.50 bits per heavy atom. The summed E-state index contributed by atoms with van der Waals surface area (Å²) in [6.45, 7) is 2.78. The molecule has 106 valence electrons. The first-order valence-corrected chi connectivity index (χ1v) is 6.51. The van der Waals surface area contributed by atoms with Gasteiger partial charge in [0.25, 0.3) is 0 Å². The molecule has 2 aromatic rings. The average molecular weight is 298 g/mol. The highest BCUT2D eigenvalue weighted by atomic mass is 35.5. The zero-order chi connectivity index (χ0) is 14.3. The molecule has 0 aliphatic carbocycles. The summed E-state index contributed by atoms with van der Waals surface area (Å²) in [5.74, 6) is 0.295. The first kappa shape index (κ1) is 13.5. The second-order valence-electron chi connectivity index (χ2n) is 5.09. The molecule has 2 N–H and O–H groups in total. The highest BCUT2D eigenvalue weighted by molar-refractivity contribution is 6.33. The van der Waals surface area contributed by atoms with Crippen molar-refractivity contribution in [3.63, 3.8) is 0 Å². The molecule has 0 spiro atoms. The number of nitrogens with zero attached hydrogens (tertiary/aromatic N) is 2. The van der Waals surface area contributed by atoms with Crippen molar-refractivity contribution in [2.45, 2.75) is 18.4 Å². The van der Waals surface area contributed by atoms with E-state index in [9.17, 15) is 4.39 Å². The van der Waals surface area contributed by atoms with Crippen LogP contribution < -0.4 is 5.73 Å². The first-order valence-electron chi connectivity index (χ1n) is 6.13. The molecule has 1 aromatic heterocycles. The van der Waals surface area contributed by atoms with Crippen molar-refractivity contribution in [2.24, 2.45) is 5.73 Å². The minimum Gasteiger partial charge on any atom is -0.379 e. The van der Waals surface area contributed by atoms with E-state index < -0.39 is 11.2 Å². The molecule has 2 atom stereocenters. The zero-order valence-corrected chi connectivity index (χ0v) is 11.5. The largest absolute Gasteiger partial charge is 0.379 e. The topological polar surface area (TPSA) is 74.2 Å². The fourth-order valence-corrected chi connectivity index (χ4v) is 2.40. The van der Waals surface area contributed by atoms with Crippen molar-refractivity contribution < 1.29 is 13.7 Å². The smallest absolute Gasteiger partial charge is 0.236 e. The molecular formula is C13H13ClFN3O2. The van der Waals surface area contributed by atoms with Crippen LogP contribution in [0.5, 0.6) is 0 Å². The number of ether oxygens (including phenoxy) is 1. The van der Waals surface area contributed by atoms with E-state index in [1.807, 2.05) is 6.92 Å². The summed E-state index contributed by atoms with van der Waals surface area (Å²) in [5, 5.41) is 4.13. The van der Waals surface area contributed by atoms with Gasteiger partial charge in [0.1, 0.15) is 5.82 Å². The van der Waals surface area contributed by atoms with Gasteiger partial charge in [0.15, 0.2) is 0 Å². The number of benzene rings is 1. The minimum atomic E-state index is -0.516. The molecule has 2 heterocycles. The Balaban J connectivity index is 1.98. The van der Waals surface area contributed by atoms with Gasteiger partial charge in [0.05, 0.1) is 23.7 Å². The van der Waals surface area contributed by atoms with Crippen molar-refractivity contribution >= 4 is 11.6 Å². The van der Waals surface area contributed by atoms with Gasteiger partial charge in [0.2, 0.25) is 11.7 Å².